The summed E-state index contributed by atoms with van der Waals surface area (Å²) in [7, 11) is 0. The second kappa shape index (κ2) is 4.49. The molecule has 0 aromatic carbocycles. The summed E-state index contributed by atoms with van der Waals surface area (Å²) in [6.07, 6.45) is 2.69. The molecule has 1 fully saturated rings. The van der Waals surface area contributed by atoms with Crippen LogP contribution in [0.1, 0.15) is 24.0 Å². The Balaban J connectivity index is 1.79. The fraction of sp³-hybridized carbons (Fsp3) is 0.455. The van der Waals surface area contributed by atoms with Crippen molar-refractivity contribution in [1.29, 1.82) is 0 Å². The summed E-state index contributed by atoms with van der Waals surface area (Å²) in [5.41, 5.74) is 0. The summed E-state index contributed by atoms with van der Waals surface area (Å²) < 4.78 is 9.35. The van der Waals surface area contributed by atoms with Crippen molar-refractivity contribution >= 4 is 17.4 Å². The molecule has 3 heterocycles. The van der Waals surface area contributed by atoms with Crippen molar-refractivity contribution in [3.8, 4) is 10.8 Å². The molecular formula is C11H12N4O2S. The van der Waals surface area contributed by atoms with Crippen LogP contribution in [0.5, 0.6) is 0 Å². The highest BCUT2D eigenvalue weighted by Crippen LogP contribution is 2.22. The Morgan fingerprint density at radius 2 is 2.44 bits per heavy atom. The monoisotopic (exact) mass is 264 g/mol. The Hall–Kier alpha value is -1.76. The van der Waals surface area contributed by atoms with Gasteiger partial charge in [0.2, 0.25) is 0 Å². The molecule has 1 amide bonds. The maximum Gasteiger partial charge on any atom is 0.311 e. The zero-order valence-electron chi connectivity index (χ0n) is 9.87. The van der Waals surface area contributed by atoms with E-state index in [1.165, 1.54) is 11.5 Å². The van der Waals surface area contributed by atoms with E-state index >= 15 is 0 Å². The van der Waals surface area contributed by atoms with Crippen molar-refractivity contribution in [2.24, 2.45) is 5.92 Å². The lowest BCUT2D eigenvalue weighted by Crippen LogP contribution is -2.28. The largest absolute Gasteiger partial charge is 0.411 e. The summed E-state index contributed by atoms with van der Waals surface area (Å²) >= 11 is 1.26. The lowest BCUT2D eigenvalue weighted by molar-refractivity contribution is 0.0749. The van der Waals surface area contributed by atoms with E-state index in [-0.39, 0.29) is 11.8 Å². The van der Waals surface area contributed by atoms with E-state index in [0.29, 0.717) is 11.8 Å². The third-order valence-electron chi connectivity index (χ3n) is 2.97. The number of hydrogen-bond donors (Lipinski definition) is 0. The summed E-state index contributed by atoms with van der Waals surface area (Å²) in [5.74, 6) is 0.779. The molecule has 0 aliphatic carbocycles. The van der Waals surface area contributed by atoms with Crippen LogP contribution in [0.3, 0.4) is 0 Å². The molecule has 0 N–H and O–H groups in total. The van der Waals surface area contributed by atoms with Crippen LogP contribution in [0, 0.1) is 5.92 Å². The Morgan fingerprint density at radius 1 is 1.56 bits per heavy atom. The third-order valence-corrected chi connectivity index (χ3v) is 3.70. The van der Waals surface area contributed by atoms with E-state index in [1.54, 1.807) is 17.2 Å². The minimum absolute atomic E-state index is 0.0625. The first-order valence-electron chi connectivity index (χ1n) is 5.78. The molecule has 0 radical (unpaired) electrons. The number of likely N-dealkylation sites (tertiary alicyclic amines) is 1. The van der Waals surface area contributed by atoms with E-state index in [0.717, 1.165) is 24.4 Å². The molecule has 18 heavy (non-hydrogen) atoms. The molecule has 7 heteroatoms. The smallest absolute Gasteiger partial charge is 0.311 e. The highest BCUT2D eigenvalue weighted by Gasteiger charge is 2.28. The number of rotatable bonds is 2. The van der Waals surface area contributed by atoms with Gasteiger partial charge in [-0.05, 0) is 29.9 Å². The van der Waals surface area contributed by atoms with E-state index < -0.39 is 0 Å². The van der Waals surface area contributed by atoms with Gasteiger partial charge >= 0.3 is 11.8 Å². The molecule has 1 unspecified atom stereocenters. The van der Waals surface area contributed by atoms with Gasteiger partial charge in [-0.1, -0.05) is 6.92 Å². The Labute approximate surface area is 108 Å². The Morgan fingerprint density at radius 3 is 3.11 bits per heavy atom. The molecule has 1 aliphatic rings. The van der Waals surface area contributed by atoms with E-state index in [4.69, 9.17) is 4.42 Å². The molecule has 3 rings (SSSR count). The molecule has 1 aliphatic heterocycles. The summed E-state index contributed by atoms with van der Waals surface area (Å²) in [6.45, 7) is 3.65. The lowest BCUT2D eigenvalue weighted by atomic mass is 10.2. The number of carbonyl (C=O) groups is 1. The number of carbonyl (C=O) groups excluding carboxylic acids is 1. The van der Waals surface area contributed by atoms with E-state index in [9.17, 15) is 4.79 Å². The van der Waals surface area contributed by atoms with Crippen molar-refractivity contribution in [1.82, 2.24) is 19.5 Å². The van der Waals surface area contributed by atoms with E-state index in [2.05, 4.69) is 21.5 Å². The van der Waals surface area contributed by atoms with Gasteiger partial charge in [-0.2, -0.15) is 0 Å². The first-order valence-corrected chi connectivity index (χ1v) is 6.55. The van der Waals surface area contributed by atoms with Crippen LogP contribution in [-0.4, -0.2) is 38.5 Å². The quantitative estimate of drug-likeness (QED) is 0.825. The fourth-order valence-corrected chi connectivity index (χ4v) is 2.51. The summed E-state index contributed by atoms with van der Waals surface area (Å²) in [6, 6.07) is 1.78. The van der Waals surface area contributed by atoms with Gasteiger partial charge in [0.25, 0.3) is 5.89 Å². The van der Waals surface area contributed by atoms with Crippen LogP contribution in [-0.2, 0) is 0 Å². The highest BCUT2D eigenvalue weighted by molar-refractivity contribution is 7.09. The van der Waals surface area contributed by atoms with Gasteiger partial charge in [0, 0.05) is 19.3 Å². The molecule has 2 aromatic heterocycles. The third kappa shape index (κ3) is 2.01. The van der Waals surface area contributed by atoms with Gasteiger partial charge in [-0.3, -0.25) is 4.79 Å². The second-order valence-electron chi connectivity index (χ2n) is 4.43. The fourth-order valence-electron chi connectivity index (χ4n) is 1.99. The molecular weight excluding hydrogens is 252 g/mol. The lowest BCUT2D eigenvalue weighted by Gasteiger charge is -2.12. The maximum absolute atomic E-state index is 12.1. The van der Waals surface area contributed by atoms with Crippen molar-refractivity contribution in [2.45, 2.75) is 13.3 Å². The maximum atomic E-state index is 12.1. The van der Waals surface area contributed by atoms with Gasteiger partial charge in [0.15, 0.2) is 0 Å². The molecule has 0 saturated carbocycles. The Kier molecular flexibility index (Phi) is 2.83. The van der Waals surface area contributed by atoms with Crippen molar-refractivity contribution in [3.05, 3.63) is 18.2 Å². The number of amides is 1. The molecule has 6 nitrogen and oxygen atoms in total. The molecule has 1 saturated heterocycles. The molecule has 0 spiro atoms. The van der Waals surface area contributed by atoms with Gasteiger partial charge < -0.3 is 9.32 Å². The number of nitrogens with zero attached hydrogens (tertiary/aromatic N) is 4. The topological polar surface area (TPSA) is 72.1 Å². The van der Waals surface area contributed by atoms with Crippen LogP contribution < -0.4 is 0 Å². The van der Waals surface area contributed by atoms with Crippen molar-refractivity contribution in [3.63, 3.8) is 0 Å². The molecule has 2 aromatic rings. The first kappa shape index (κ1) is 11.3. The molecule has 0 bridgehead atoms. The zero-order valence-corrected chi connectivity index (χ0v) is 10.7. The van der Waals surface area contributed by atoms with Gasteiger partial charge in [0.05, 0.1) is 0 Å². The van der Waals surface area contributed by atoms with Crippen LogP contribution >= 0.6 is 11.5 Å². The van der Waals surface area contributed by atoms with E-state index in [1.807, 2.05) is 0 Å². The predicted octanol–water partition coefficient (Wildman–Crippen LogP) is 1.68. The van der Waals surface area contributed by atoms with Crippen LogP contribution in [0.15, 0.2) is 16.7 Å². The predicted molar refractivity (Wildman–Crippen MR) is 65.1 cm³/mol. The first-order chi connectivity index (χ1) is 8.74. The highest BCUT2D eigenvalue weighted by atomic mass is 32.1. The summed E-state index contributed by atoms with van der Waals surface area (Å²) in [4.78, 5) is 14.6. The molecule has 1 atom stereocenters. The standard InChI is InChI=1S/C11H12N4O2S/c1-7-3-5-15(6-7)11(16)10-14-13-9(17-10)8-2-4-12-18-8/h2,4,7H,3,5-6H2,1H3. The zero-order chi connectivity index (χ0) is 12.5. The van der Waals surface area contributed by atoms with Crippen LogP contribution in [0.4, 0.5) is 0 Å². The SMILES string of the molecule is CC1CCN(C(=O)c2nnc(-c3ccns3)o2)C1. The average Bonchev–Trinajstić information content (AvgIpc) is 3.09. The van der Waals surface area contributed by atoms with Gasteiger partial charge in [-0.25, -0.2) is 4.37 Å². The van der Waals surface area contributed by atoms with Crippen molar-refractivity contribution < 1.29 is 9.21 Å². The Bertz CT molecular complexity index is 551. The van der Waals surface area contributed by atoms with Crippen LogP contribution in [0.25, 0.3) is 10.8 Å². The van der Waals surface area contributed by atoms with Crippen LogP contribution in [0.2, 0.25) is 0 Å². The molecule has 94 valence electrons. The van der Waals surface area contributed by atoms with Gasteiger partial charge in [-0.15, -0.1) is 10.2 Å². The normalized spacial score (nSPS) is 19.4. The average molecular weight is 264 g/mol. The number of hydrogen-bond acceptors (Lipinski definition) is 6. The van der Waals surface area contributed by atoms with Crippen molar-refractivity contribution in [2.75, 3.05) is 13.1 Å². The summed E-state index contributed by atoms with van der Waals surface area (Å²) in [5, 5.41) is 7.69. The minimum atomic E-state index is -0.178. The second-order valence-corrected chi connectivity index (χ2v) is 5.27. The minimum Gasteiger partial charge on any atom is -0.411 e. The number of aromatic nitrogens is 3. The van der Waals surface area contributed by atoms with Gasteiger partial charge in [0.1, 0.15) is 4.88 Å².